The lowest BCUT2D eigenvalue weighted by Crippen LogP contribution is -2.50. The molecule has 232 valence electrons. The number of rotatable bonds is 8. The van der Waals surface area contributed by atoms with Crippen LogP contribution in [-0.4, -0.2) is 74.2 Å². The molecule has 3 atom stereocenters. The Morgan fingerprint density at radius 2 is 1.86 bits per heavy atom. The van der Waals surface area contributed by atoms with Crippen LogP contribution in [0.3, 0.4) is 0 Å². The number of hydrogen-bond acceptors (Lipinski definition) is 7. The van der Waals surface area contributed by atoms with Crippen molar-refractivity contribution in [3.05, 3.63) is 71.1 Å². The highest BCUT2D eigenvalue weighted by molar-refractivity contribution is 7.94. The molecule has 1 aromatic heterocycles. The van der Waals surface area contributed by atoms with Crippen molar-refractivity contribution in [1.82, 2.24) is 9.80 Å². The molecule has 0 spiro atoms. The van der Waals surface area contributed by atoms with Crippen molar-refractivity contribution in [3.63, 3.8) is 0 Å². The zero-order chi connectivity index (χ0) is 31.5. The van der Waals surface area contributed by atoms with E-state index in [-0.39, 0.29) is 52.5 Å². The Morgan fingerprint density at radius 1 is 1.19 bits per heavy atom. The quantitative estimate of drug-likeness (QED) is 0.320. The van der Waals surface area contributed by atoms with Gasteiger partial charge in [-0.05, 0) is 60.8 Å². The van der Waals surface area contributed by atoms with Crippen molar-refractivity contribution >= 4 is 44.7 Å². The van der Waals surface area contributed by atoms with Crippen molar-refractivity contribution in [1.29, 1.82) is 0 Å². The second-order valence-electron chi connectivity index (χ2n) is 10.3. The van der Waals surface area contributed by atoms with Crippen LogP contribution >= 0.6 is 11.3 Å². The zero-order valence-corrected chi connectivity index (χ0v) is 25.1. The SMILES string of the molecule is C[C@@H]1CN([C@H](C)CO)C(=O)c2cc(NS(=O)(=O)c3cccs3)ccc2O[C@H]1CN(C)C(=O)Nc1ccc(C(F)(F)F)cc1. The van der Waals surface area contributed by atoms with Gasteiger partial charge in [0.15, 0.2) is 0 Å². The fourth-order valence-corrected chi connectivity index (χ4v) is 6.48. The van der Waals surface area contributed by atoms with Gasteiger partial charge in [-0.2, -0.15) is 13.2 Å². The van der Waals surface area contributed by atoms with Gasteiger partial charge in [0, 0.05) is 30.9 Å². The minimum Gasteiger partial charge on any atom is -0.487 e. The number of fused-ring (bicyclic) bond motifs is 1. The summed E-state index contributed by atoms with van der Waals surface area (Å²) in [7, 11) is -2.39. The molecule has 4 rings (SSSR count). The first-order chi connectivity index (χ1) is 20.2. The van der Waals surface area contributed by atoms with E-state index in [9.17, 15) is 36.3 Å². The average molecular weight is 641 g/mol. The van der Waals surface area contributed by atoms with Crippen LogP contribution in [0.15, 0.2) is 64.2 Å². The van der Waals surface area contributed by atoms with Gasteiger partial charge in [-0.1, -0.05) is 13.0 Å². The summed E-state index contributed by atoms with van der Waals surface area (Å²) in [6.07, 6.45) is -5.16. The normalized spacial score (nSPS) is 18.1. The maximum absolute atomic E-state index is 13.6. The Labute approximate surface area is 251 Å². The Balaban J connectivity index is 1.57. The lowest BCUT2D eigenvalue weighted by molar-refractivity contribution is -0.137. The van der Waals surface area contributed by atoms with Gasteiger partial charge in [0.25, 0.3) is 15.9 Å². The number of ether oxygens (including phenoxy) is 1. The molecule has 43 heavy (non-hydrogen) atoms. The topological polar surface area (TPSA) is 128 Å². The van der Waals surface area contributed by atoms with Crippen molar-refractivity contribution in [2.75, 3.05) is 36.8 Å². The van der Waals surface area contributed by atoms with Crippen LogP contribution in [0.1, 0.15) is 29.8 Å². The van der Waals surface area contributed by atoms with Crippen LogP contribution < -0.4 is 14.8 Å². The molecule has 3 amide bonds. The van der Waals surface area contributed by atoms with Crippen LogP contribution in [0.2, 0.25) is 0 Å². The molecular formula is C28H31F3N4O6S2. The highest BCUT2D eigenvalue weighted by Gasteiger charge is 2.35. The number of nitrogens with one attached hydrogen (secondary N) is 2. The molecule has 2 heterocycles. The van der Waals surface area contributed by atoms with Gasteiger partial charge in [-0.25, -0.2) is 13.2 Å². The number of alkyl halides is 3. The maximum atomic E-state index is 13.6. The molecule has 0 unspecified atom stereocenters. The minimum atomic E-state index is -4.50. The first-order valence-corrected chi connectivity index (χ1v) is 15.5. The highest BCUT2D eigenvalue weighted by atomic mass is 32.2. The van der Waals surface area contributed by atoms with E-state index < -0.39 is 45.8 Å². The zero-order valence-electron chi connectivity index (χ0n) is 23.5. The number of amides is 3. The minimum absolute atomic E-state index is 0.0371. The Hall–Kier alpha value is -3.82. The molecular weight excluding hydrogens is 609 g/mol. The summed E-state index contributed by atoms with van der Waals surface area (Å²) in [6.45, 7) is 3.37. The first-order valence-electron chi connectivity index (χ1n) is 13.2. The Kier molecular flexibility index (Phi) is 9.57. The van der Waals surface area contributed by atoms with Crippen molar-refractivity contribution in [3.8, 4) is 5.75 Å². The smallest absolute Gasteiger partial charge is 0.416 e. The fourth-order valence-electron chi connectivity index (χ4n) is 4.44. The summed E-state index contributed by atoms with van der Waals surface area (Å²) in [5, 5.41) is 14.0. The number of nitrogens with zero attached hydrogens (tertiary/aromatic N) is 2. The van der Waals surface area contributed by atoms with Crippen molar-refractivity contribution in [2.24, 2.45) is 5.92 Å². The highest BCUT2D eigenvalue weighted by Crippen LogP contribution is 2.32. The number of carbonyl (C=O) groups excluding carboxylic acids is 2. The van der Waals surface area contributed by atoms with E-state index in [1.807, 2.05) is 6.92 Å². The lowest BCUT2D eigenvalue weighted by Gasteiger charge is -2.38. The van der Waals surface area contributed by atoms with E-state index in [2.05, 4.69) is 10.0 Å². The Morgan fingerprint density at radius 3 is 2.47 bits per heavy atom. The molecule has 0 bridgehead atoms. The fraction of sp³-hybridized carbons (Fsp3) is 0.357. The number of halogens is 3. The average Bonchev–Trinajstić information content (AvgIpc) is 3.51. The number of thiophene rings is 1. The third kappa shape index (κ3) is 7.58. The van der Waals surface area contributed by atoms with Crippen LogP contribution in [0.25, 0.3) is 0 Å². The number of hydrogen-bond donors (Lipinski definition) is 3. The third-order valence-corrected chi connectivity index (χ3v) is 9.72. The van der Waals surface area contributed by atoms with E-state index in [1.165, 1.54) is 41.1 Å². The largest absolute Gasteiger partial charge is 0.487 e. The number of carbonyl (C=O) groups is 2. The third-order valence-electron chi connectivity index (χ3n) is 6.94. The molecule has 1 aliphatic heterocycles. The summed E-state index contributed by atoms with van der Waals surface area (Å²) in [5.41, 5.74) is -0.458. The van der Waals surface area contributed by atoms with E-state index in [0.717, 1.165) is 35.6 Å². The van der Waals surface area contributed by atoms with Gasteiger partial charge >= 0.3 is 12.2 Å². The van der Waals surface area contributed by atoms with Gasteiger partial charge < -0.3 is 25.0 Å². The maximum Gasteiger partial charge on any atom is 0.416 e. The predicted octanol–water partition coefficient (Wildman–Crippen LogP) is 4.95. The van der Waals surface area contributed by atoms with Gasteiger partial charge in [-0.3, -0.25) is 9.52 Å². The summed E-state index contributed by atoms with van der Waals surface area (Å²) in [4.78, 5) is 29.3. The number of urea groups is 1. The van der Waals surface area contributed by atoms with Gasteiger partial charge in [0.1, 0.15) is 16.1 Å². The second kappa shape index (κ2) is 12.8. The van der Waals surface area contributed by atoms with Gasteiger partial charge in [-0.15, -0.1) is 11.3 Å². The molecule has 2 aromatic carbocycles. The molecule has 0 fully saturated rings. The molecule has 10 nitrogen and oxygen atoms in total. The number of aliphatic hydroxyl groups excluding tert-OH is 1. The molecule has 0 saturated heterocycles. The number of benzene rings is 2. The van der Waals surface area contributed by atoms with Gasteiger partial charge in [0.2, 0.25) is 0 Å². The molecule has 1 aliphatic rings. The summed E-state index contributed by atoms with van der Waals surface area (Å²) < 4.78 is 73.0. The summed E-state index contributed by atoms with van der Waals surface area (Å²) in [6, 6.07) is 10.2. The predicted molar refractivity (Wildman–Crippen MR) is 156 cm³/mol. The number of anilines is 2. The summed E-state index contributed by atoms with van der Waals surface area (Å²) in [5.74, 6) is -0.635. The molecule has 3 aromatic rings. The Bertz CT molecular complexity index is 1550. The van der Waals surface area contributed by atoms with E-state index >= 15 is 0 Å². The van der Waals surface area contributed by atoms with Crippen LogP contribution in [0, 0.1) is 5.92 Å². The second-order valence-corrected chi connectivity index (χ2v) is 13.1. The standard InChI is InChI=1S/C28H31F3N4O6S2/c1-17-14-35(18(2)16-36)26(37)22-13-21(33-43(39,40)25-5-4-12-42-25)10-11-23(22)41-24(17)15-34(3)27(38)32-20-8-6-19(7-9-20)28(29,30)31/h4-13,17-18,24,33,36H,14-16H2,1-3H3,(H,32,38)/t17-,18-,24+/m1/s1. The van der Waals surface area contributed by atoms with E-state index in [4.69, 9.17) is 4.74 Å². The number of sulfonamides is 1. The molecule has 3 N–H and O–H groups in total. The lowest BCUT2D eigenvalue weighted by atomic mass is 9.99. The molecule has 0 saturated carbocycles. The summed E-state index contributed by atoms with van der Waals surface area (Å²) >= 11 is 1.04. The van der Waals surface area contributed by atoms with Crippen molar-refractivity contribution in [2.45, 2.75) is 36.4 Å². The monoisotopic (exact) mass is 640 g/mol. The molecule has 15 heteroatoms. The van der Waals surface area contributed by atoms with Crippen LogP contribution in [0.4, 0.5) is 29.3 Å². The molecule has 0 radical (unpaired) electrons. The van der Waals surface area contributed by atoms with Crippen molar-refractivity contribution < 1.29 is 41.0 Å². The van der Waals surface area contributed by atoms with Crippen LogP contribution in [-0.2, 0) is 16.2 Å². The van der Waals surface area contributed by atoms with E-state index in [0.29, 0.717) is 0 Å². The van der Waals surface area contributed by atoms with Crippen LogP contribution in [0.5, 0.6) is 5.75 Å². The number of likely N-dealkylation sites (N-methyl/N-ethyl adjacent to an activating group) is 1. The number of aliphatic hydroxyl groups is 1. The first kappa shape index (κ1) is 32.1. The van der Waals surface area contributed by atoms with Gasteiger partial charge in [0.05, 0.1) is 30.3 Å². The molecule has 0 aliphatic carbocycles. The van der Waals surface area contributed by atoms with E-state index in [1.54, 1.807) is 18.4 Å².